The molecule has 1 aromatic rings. The van der Waals surface area contributed by atoms with E-state index in [4.69, 9.17) is 18.0 Å². The molecule has 0 aromatic carbocycles. The molecular weight excluding hydrogens is 263 g/mol. The number of halogens is 3. The molecule has 0 unspecified atom stereocenters. The lowest BCUT2D eigenvalue weighted by Crippen LogP contribution is -2.35. The first-order valence-electron chi connectivity index (χ1n) is 5.41. The highest BCUT2D eigenvalue weighted by molar-refractivity contribution is 7.80. The van der Waals surface area contributed by atoms with Gasteiger partial charge < -0.3 is 10.6 Å². The van der Waals surface area contributed by atoms with Crippen LogP contribution in [0.5, 0.6) is 0 Å². The average molecular weight is 277 g/mol. The predicted molar refractivity (Wildman–Crippen MR) is 68.7 cm³/mol. The second-order valence-corrected chi connectivity index (χ2v) is 4.24. The summed E-state index contributed by atoms with van der Waals surface area (Å²) < 4.78 is 37.4. The molecule has 2 N–H and O–H groups in total. The molecule has 0 bridgehead atoms. The van der Waals surface area contributed by atoms with Crippen LogP contribution in [0, 0.1) is 0 Å². The Morgan fingerprint density at radius 2 is 2.17 bits per heavy atom. The first-order chi connectivity index (χ1) is 8.33. The summed E-state index contributed by atoms with van der Waals surface area (Å²) in [4.78, 5) is 5.24. The third kappa shape index (κ3) is 4.48. The zero-order valence-corrected chi connectivity index (χ0v) is 10.7. The van der Waals surface area contributed by atoms with Crippen molar-refractivity contribution in [1.82, 2.24) is 4.98 Å². The Morgan fingerprint density at radius 3 is 2.67 bits per heavy atom. The van der Waals surface area contributed by atoms with Crippen LogP contribution >= 0.6 is 12.2 Å². The normalized spacial score (nSPS) is 11.3. The number of hydrogen-bond donors (Lipinski definition) is 1. The number of hydrogen-bond acceptors (Lipinski definition) is 3. The van der Waals surface area contributed by atoms with Crippen molar-refractivity contribution in [3.63, 3.8) is 0 Å². The number of aromatic nitrogens is 1. The molecule has 0 radical (unpaired) electrons. The van der Waals surface area contributed by atoms with E-state index >= 15 is 0 Å². The summed E-state index contributed by atoms with van der Waals surface area (Å²) in [6.45, 7) is 1.04. The lowest BCUT2D eigenvalue weighted by Gasteiger charge is -2.24. The Labute approximate surface area is 109 Å². The molecule has 0 aliphatic heterocycles. The Kier molecular flexibility index (Phi) is 4.89. The molecule has 0 saturated carbocycles. The lowest BCUT2D eigenvalue weighted by molar-refractivity contribution is -0.119. The van der Waals surface area contributed by atoms with Gasteiger partial charge in [-0.3, -0.25) is 0 Å². The fourth-order valence-corrected chi connectivity index (χ4v) is 1.63. The SMILES string of the molecule is CCCN(CC(F)(F)F)c1cc(C(N)=S)ccn1. The quantitative estimate of drug-likeness (QED) is 0.840. The van der Waals surface area contributed by atoms with E-state index in [9.17, 15) is 13.2 Å². The molecule has 1 heterocycles. The van der Waals surface area contributed by atoms with E-state index in [0.29, 0.717) is 12.0 Å². The molecule has 0 aliphatic rings. The van der Waals surface area contributed by atoms with E-state index in [2.05, 4.69) is 4.98 Å². The Balaban J connectivity index is 2.98. The Morgan fingerprint density at radius 1 is 1.50 bits per heavy atom. The van der Waals surface area contributed by atoms with Crippen molar-refractivity contribution in [2.24, 2.45) is 5.73 Å². The minimum Gasteiger partial charge on any atom is -0.389 e. The number of anilines is 1. The molecule has 0 amide bonds. The maximum absolute atomic E-state index is 12.5. The molecule has 1 aromatic heterocycles. The number of pyridine rings is 1. The monoisotopic (exact) mass is 277 g/mol. The van der Waals surface area contributed by atoms with E-state index in [1.807, 2.05) is 0 Å². The molecule has 0 fully saturated rings. The Hall–Kier alpha value is -1.37. The molecule has 7 heteroatoms. The summed E-state index contributed by atoms with van der Waals surface area (Å²) in [6, 6.07) is 3.05. The maximum atomic E-state index is 12.5. The largest absolute Gasteiger partial charge is 0.405 e. The first kappa shape index (κ1) is 14.7. The summed E-state index contributed by atoms with van der Waals surface area (Å²) in [6.07, 6.45) is -2.27. The Bertz CT molecular complexity index is 420. The molecule has 18 heavy (non-hydrogen) atoms. The van der Waals surface area contributed by atoms with E-state index in [-0.39, 0.29) is 17.4 Å². The number of rotatable bonds is 5. The van der Waals surface area contributed by atoms with Crippen LogP contribution in [0.1, 0.15) is 18.9 Å². The molecule has 0 spiro atoms. The summed E-state index contributed by atoms with van der Waals surface area (Å²) in [5, 5.41) is 0. The highest BCUT2D eigenvalue weighted by Gasteiger charge is 2.31. The molecule has 3 nitrogen and oxygen atoms in total. The highest BCUT2D eigenvalue weighted by Crippen LogP contribution is 2.21. The van der Waals surface area contributed by atoms with Crippen LogP contribution in [0.25, 0.3) is 0 Å². The smallest absolute Gasteiger partial charge is 0.389 e. The average Bonchev–Trinajstić information content (AvgIpc) is 2.27. The molecule has 0 saturated heterocycles. The zero-order valence-electron chi connectivity index (χ0n) is 9.87. The van der Waals surface area contributed by atoms with E-state index < -0.39 is 12.7 Å². The van der Waals surface area contributed by atoms with Crippen LogP contribution in [0.4, 0.5) is 19.0 Å². The third-order valence-corrected chi connectivity index (χ3v) is 2.45. The summed E-state index contributed by atoms with van der Waals surface area (Å²) >= 11 is 4.79. The van der Waals surface area contributed by atoms with Crippen molar-refractivity contribution in [3.8, 4) is 0 Å². The number of alkyl halides is 3. The number of thiocarbonyl (C=S) groups is 1. The molecule has 100 valence electrons. The van der Waals surface area contributed by atoms with Crippen molar-refractivity contribution in [3.05, 3.63) is 23.9 Å². The summed E-state index contributed by atoms with van der Waals surface area (Å²) in [5.74, 6) is 0.236. The molecule has 0 aliphatic carbocycles. The second-order valence-electron chi connectivity index (χ2n) is 3.80. The van der Waals surface area contributed by atoms with Crippen LogP contribution in [0.2, 0.25) is 0 Å². The summed E-state index contributed by atoms with van der Waals surface area (Å²) in [7, 11) is 0. The number of nitrogens with two attached hydrogens (primary N) is 1. The minimum absolute atomic E-state index is 0.141. The fraction of sp³-hybridized carbons (Fsp3) is 0.455. The van der Waals surface area contributed by atoms with Crippen LogP contribution in [-0.2, 0) is 0 Å². The van der Waals surface area contributed by atoms with Gasteiger partial charge >= 0.3 is 6.18 Å². The van der Waals surface area contributed by atoms with Crippen molar-refractivity contribution < 1.29 is 13.2 Å². The van der Waals surface area contributed by atoms with Crippen molar-refractivity contribution in [2.45, 2.75) is 19.5 Å². The van der Waals surface area contributed by atoms with Crippen LogP contribution < -0.4 is 10.6 Å². The van der Waals surface area contributed by atoms with Gasteiger partial charge in [-0.05, 0) is 18.6 Å². The van der Waals surface area contributed by atoms with Crippen molar-refractivity contribution >= 4 is 23.0 Å². The second kappa shape index (κ2) is 5.99. The van der Waals surface area contributed by atoms with Gasteiger partial charge in [-0.25, -0.2) is 4.98 Å². The first-order valence-corrected chi connectivity index (χ1v) is 5.82. The highest BCUT2D eigenvalue weighted by atomic mass is 32.1. The third-order valence-electron chi connectivity index (χ3n) is 2.22. The molecule has 0 atom stereocenters. The van der Waals surface area contributed by atoms with Crippen molar-refractivity contribution in [1.29, 1.82) is 0 Å². The van der Waals surface area contributed by atoms with Gasteiger partial charge in [0.25, 0.3) is 0 Å². The fourth-order valence-electron chi connectivity index (χ4n) is 1.51. The predicted octanol–water partition coefficient (Wildman–Crippen LogP) is 2.49. The van der Waals surface area contributed by atoms with Gasteiger partial charge in [0.1, 0.15) is 17.4 Å². The van der Waals surface area contributed by atoms with E-state index in [1.54, 1.807) is 13.0 Å². The van der Waals surface area contributed by atoms with Crippen molar-refractivity contribution in [2.75, 3.05) is 18.0 Å². The van der Waals surface area contributed by atoms with Crippen LogP contribution in [0.15, 0.2) is 18.3 Å². The summed E-state index contributed by atoms with van der Waals surface area (Å²) in [5.41, 5.74) is 5.96. The molecule has 1 rings (SSSR count). The van der Waals surface area contributed by atoms with E-state index in [0.717, 1.165) is 0 Å². The zero-order chi connectivity index (χ0) is 13.8. The van der Waals surface area contributed by atoms with Crippen LogP contribution in [-0.4, -0.2) is 29.2 Å². The van der Waals surface area contributed by atoms with E-state index in [1.165, 1.54) is 17.2 Å². The standard InChI is InChI=1S/C11H14F3N3S/c1-2-5-17(7-11(12,13)14)9-6-8(10(15)18)3-4-16-9/h3-4,6H,2,5,7H2,1H3,(H2,15,18). The van der Waals surface area contributed by atoms with Gasteiger partial charge in [-0.2, -0.15) is 13.2 Å². The van der Waals surface area contributed by atoms with Gasteiger partial charge in [-0.15, -0.1) is 0 Å². The van der Waals surface area contributed by atoms with Gasteiger partial charge in [0.15, 0.2) is 0 Å². The number of nitrogens with zero attached hydrogens (tertiary/aromatic N) is 2. The lowest BCUT2D eigenvalue weighted by atomic mass is 10.2. The maximum Gasteiger partial charge on any atom is 0.405 e. The van der Waals surface area contributed by atoms with Crippen LogP contribution in [0.3, 0.4) is 0 Å². The molecular formula is C11H14F3N3S. The topological polar surface area (TPSA) is 42.1 Å². The van der Waals surface area contributed by atoms with Gasteiger partial charge in [0.05, 0.1) is 0 Å². The minimum atomic E-state index is -4.27. The van der Waals surface area contributed by atoms with Gasteiger partial charge in [0.2, 0.25) is 0 Å². The van der Waals surface area contributed by atoms with Gasteiger partial charge in [0, 0.05) is 18.3 Å². The van der Waals surface area contributed by atoms with Gasteiger partial charge in [-0.1, -0.05) is 19.1 Å².